The third-order valence-corrected chi connectivity index (χ3v) is 3.33. The van der Waals surface area contributed by atoms with E-state index in [0.717, 1.165) is 6.54 Å². The van der Waals surface area contributed by atoms with Crippen molar-refractivity contribution in [1.29, 1.82) is 0 Å². The molecule has 1 aromatic heterocycles. The van der Waals surface area contributed by atoms with Crippen molar-refractivity contribution in [3.05, 3.63) is 36.0 Å². The first-order valence-corrected chi connectivity index (χ1v) is 6.67. The van der Waals surface area contributed by atoms with Crippen molar-refractivity contribution in [2.45, 2.75) is 38.5 Å². The van der Waals surface area contributed by atoms with Crippen molar-refractivity contribution in [3.8, 4) is 0 Å². The highest BCUT2D eigenvalue weighted by Crippen LogP contribution is 2.19. The van der Waals surface area contributed by atoms with E-state index in [1.807, 2.05) is 0 Å². The number of hydrogen-bond acceptors (Lipinski definition) is 1. The summed E-state index contributed by atoms with van der Waals surface area (Å²) < 4.78 is 0. The fourth-order valence-corrected chi connectivity index (χ4v) is 2.33. The molecule has 17 heavy (non-hydrogen) atoms. The number of benzene rings is 1. The Kier molecular flexibility index (Phi) is 4.63. The van der Waals surface area contributed by atoms with Crippen molar-refractivity contribution in [1.82, 2.24) is 4.98 Å². The molecule has 0 spiro atoms. The van der Waals surface area contributed by atoms with Crippen molar-refractivity contribution < 1.29 is 0 Å². The van der Waals surface area contributed by atoms with Crippen LogP contribution >= 0.6 is 0 Å². The number of aromatic nitrogens is 1. The Morgan fingerprint density at radius 2 is 1.71 bits per heavy atom. The summed E-state index contributed by atoms with van der Waals surface area (Å²) in [7, 11) is 0. The third-order valence-electron chi connectivity index (χ3n) is 3.33. The van der Waals surface area contributed by atoms with Crippen LogP contribution in [0.2, 0.25) is 0 Å². The third kappa shape index (κ3) is 3.34. The lowest BCUT2D eigenvalue weighted by Crippen LogP contribution is -1.97. The molecule has 2 nitrogen and oxygen atoms in total. The minimum absolute atomic E-state index is 0.836. The number of nitrogens with one attached hydrogen (secondary N) is 1. The maximum atomic E-state index is 5.48. The normalized spacial score (nSPS) is 11.1. The standard InChI is InChI=1S/C15H22N2/c16-11-7-3-1-2-4-8-13-12-17-15-10-6-5-9-14(13)15/h5-6,9-10,12,17H,1-4,7-8,11,16H2. The van der Waals surface area contributed by atoms with E-state index in [2.05, 4.69) is 35.4 Å². The molecule has 0 saturated carbocycles. The molecule has 0 unspecified atom stereocenters. The van der Waals surface area contributed by atoms with E-state index in [1.54, 1.807) is 0 Å². The molecule has 1 aromatic carbocycles. The highest BCUT2D eigenvalue weighted by atomic mass is 14.7. The molecule has 0 amide bonds. The van der Waals surface area contributed by atoms with Crippen LogP contribution in [0.1, 0.15) is 37.7 Å². The molecule has 0 aliphatic heterocycles. The summed E-state index contributed by atoms with van der Waals surface area (Å²) in [4.78, 5) is 3.33. The number of aryl methyl sites for hydroxylation is 1. The van der Waals surface area contributed by atoms with Gasteiger partial charge in [-0.15, -0.1) is 0 Å². The van der Waals surface area contributed by atoms with Gasteiger partial charge in [0.05, 0.1) is 0 Å². The molecule has 0 aliphatic rings. The lowest BCUT2D eigenvalue weighted by Gasteiger charge is -2.00. The first-order chi connectivity index (χ1) is 8.42. The molecule has 0 bridgehead atoms. The summed E-state index contributed by atoms with van der Waals surface area (Å²) in [5.74, 6) is 0. The maximum absolute atomic E-state index is 5.48. The number of rotatable bonds is 7. The Bertz CT molecular complexity index is 445. The molecule has 0 atom stereocenters. The van der Waals surface area contributed by atoms with Crippen molar-refractivity contribution in [2.24, 2.45) is 5.73 Å². The number of para-hydroxylation sites is 1. The average molecular weight is 230 g/mol. The van der Waals surface area contributed by atoms with Crippen LogP contribution in [0.4, 0.5) is 0 Å². The van der Waals surface area contributed by atoms with E-state index < -0.39 is 0 Å². The van der Waals surface area contributed by atoms with Gasteiger partial charge in [0.1, 0.15) is 0 Å². The van der Waals surface area contributed by atoms with Gasteiger partial charge in [0.15, 0.2) is 0 Å². The summed E-state index contributed by atoms with van der Waals surface area (Å²) in [6, 6.07) is 8.53. The SMILES string of the molecule is NCCCCCCCc1c[nH]c2ccccc12. The van der Waals surface area contributed by atoms with E-state index in [1.165, 1.54) is 55.0 Å². The Morgan fingerprint density at radius 1 is 0.941 bits per heavy atom. The molecule has 0 fully saturated rings. The first kappa shape index (κ1) is 12.2. The number of fused-ring (bicyclic) bond motifs is 1. The lowest BCUT2D eigenvalue weighted by molar-refractivity contribution is 0.619. The zero-order chi connectivity index (χ0) is 11.9. The largest absolute Gasteiger partial charge is 0.361 e. The number of hydrogen-bond donors (Lipinski definition) is 2. The van der Waals surface area contributed by atoms with Crippen molar-refractivity contribution in [3.63, 3.8) is 0 Å². The predicted molar refractivity (Wildman–Crippen MR) is 74.1 cm³/mol. The van der Waals surface area contributed by atoms with Gasteiger partial charge in [0.25, 0.3) is 0 Å². The quantitative estimate of drug-likeness (QED) is 0.701. The molecule has 1 heterocycles. The zero-order valence-corrected chi connectivity index (χ0v) is 10.4. The van der Waals surface area contributed by atoms with Gasteiger partial charge in [-0.25, -0.2) is 0 Å². The van der Waals surface area contributed by atoms with Gasteiger partial charge < -0.3 is 10.7 Å². The minimum atomic E-state index is 0.836. The second-order valence-electron chi connectivity index (χ2n) is 4.67. The van der Waals surface area contributed by atoms with E-state index in [4.69, 9.17) is 5.73 Å². The second kappa shape index (κ2) is 6.45. The van der Waals surface area contributed by atoms with Crippen LogP contribution in [-0.4, -0.2) is 11.5 Å². The first-order valence-electron chi connectivity index (χ1n) is 6.67. The summed E-state index contributed by atoms with van der Waals surface area (Å²) >= 11 is 0. The second-order valence-corrected chi connectivity index (χ2v) is 4.67. The van der Waals surface area contributed by atoms with Crippen LogP contribution in [0.15, 0.2) is 30.5 Å². The topological polar surface area (TPSA) is 41.8 Å². The molecular weight excluding hydrogens is 208 g/mol. The highest BCUT2D eigenvalue weighted by molar-refractivity contribution is 5.82. The van der Waals surface area contributed by atoms with Gasteiger partial charge in [0.2, 0.25) is 0 Å². The van der Waals surface area contributed by atoms with Crippen molar-refractivity contribution in [2.75, 3.05) is 6.54 Å². The number of H-pyrrole nitrogens is 1. The molecule has 2 aromatic rings. The summed E-state index contributed by atoms with van der Waals surface area (Å²) in [5, 5.41) is 1.38. The molecule has 92 valence electrons. The number of unbranched alkanes of at least 4 members (excludes halogenated alkanes) is 4. The fourth-order valence-electron chi connectivity index (χ4n) is 2.33. The predicted octanol–water partition coefficient (Wildman–Crippen LogP) is 3.62. The van der Waals surface area contributed by atoms with Crippen LogP contribution in [0, 0.1) is 0 Å². The Labute approximate surface area is 103 Å². The lowest BCUT2D eigenvalue weighted by atomic mass is 10.0. The Morgan fingerprint density at radius 3 is 2.59 bits per heavy atom. The van der Waals surface area contributed by atoms with Crippen LogP contribution in [0.25, 0.3) is 10.9 Å². The number of nitrogens with two attached hydrogens (primary N) is 1. The maximum Gasteiger partial charge on any atom is 0.0456 e. The van der Waals surface area contributed by atoms with Gasteiger partial charge in [-0.1, -0.05) is 37.5 Å². The van der Waals surface area contributed by atoms with Gasteiger partial charge >= 0.3 is 0 Å². The molecule has 0 radical (unpaired) electrons. The molecule has 0 saturated heterocycles. The molecular formula is C15H22N2. The molecule has 2 rings (SSSR count). The summed E-state index contributed by atoms with van der Waals surface area (Å²) in [6.07, 6.45) is 9.72. The van der Waals surface area contributed by atoms with E-state index >= 15 is 0 Å². The number of aromatic amines is 1. The summed E-state index contributed by atoms with van der Waals surface area (Å²) in [5.41, 5.74) is 8.19. The summed E-state index contributed by atoms with van der Waals surface area (Å²) in [6.45, 7) is 0.836. The molecule has 3 N–H and O–H groups in total. The monoisotopic (exact) mass is 230 g/mol. The van der Waals surface area contributed by atoms with Crippen LogP contribution in [0.5, 0.6) is 0 Å². The molecule has 0 aliphatic carbocycles. The van der Waals surface area contributed by atoms with Crippen molar-refractivity contribution >= 4 is 10.9 Å². The Hall–Kier alpha value is -1.28. The van der Waals surface area contributed by atoms with Gasteiger partial charge in [0, 0.05) is 17.1 Å². The van der Waals surface area contributed by atoms with Gasteiger partial charge in [-0.05, 0) is 37.4 Å². The van der Waals surface area contributed by atoms with Crippen LogP contribution in [-0.2, 0) is 6.42 Å². The van der Waals surface area contributed by atoms with E-state index in [-0.39, 0.29) is 0 Å². The molecule has 2 heteroatoms. The van der Waals surface area contributed by atoms with Gasteiger partial charge in [-0.2, -0.15) is 0 Å². The van der Waals surface area contributed by atoms with Crippen LogP contribution < -0.4 is 5.73 Å². The zero-order valence-electron chi connectivity index (χ0n) is 10.4. The minimum Gasteiger partial charge on any atom is -0.361 e. The average Bonchev–Trinajstić information content (AvgIpc) is 2.77. The van der Waals surface area contributed by atoms with Crippen LogP contribution in [0.3, 0.4) is 0 Å². The Balaban J connectivity index is 1.79. The van der Waals surface area contributed by atoms with E-state index in [0.29, 0.717) is 0 Å². The smallest absolute Gasteiger partial charge is 0.0456 e. The van der Waals surface area contributed by atoms with Gasteiger partial charge in [-0.3, -0.25) is 0 Å². The highest BCUT2D eigenvalue weighted by Gasteiger charge is 2.01. The van der Waals surface area contributed by atoms with E-state index in [9.17, 15) is 0 Å². The fraction of sp³-hybridized carbons (Fsp3) is 0.467.